The number of alkyl halides is 3. The second-order valence-corrected chi connectivity index (χ2v) is 9.48. The number of fused-ring (bicyclic) bond motifs is 1. The zero-order valence-electron chi connectivity index (χ0n) is 17.7. The molecule has 2 aromatic heterocycles. The zero-order valence-corrected chi connectivity index (χ0v) is 21.6. The van der Waals surface area contributed by atoms with E-state index in [-0.39, 0.29) is 35.7 Å². The number of carbonyl (C=O) groups excluding carboxylic acids is 1. The van der Waals surface area contributed by atoms with Crippen molar-refractivity contribution in [1.29, 1.82) is 0 Å². The molecule has 34 heavy (non-hydrogen) atoms. The Bertz CT molecular complexity index is 1250. The van der Waals surface area contributed by atoms with E-state index in [0.717, 1.165) is 13.2 Å². The number of hydrogen-bond acceptors (Lipinski definition) is 6. The average molecular weight is 628 g/mol. The summed E-state index contributed by atoms with van der Waals surface area (Å²) in [5.74, 6) is 0. The van der Waals surface area contributed by atoms with Crippen LogP contribution in [-0.4, -0.2) is 44.4 Å². The summed E-state index contributed by atoms with van der Waals surface area (Å²) in [6, 6.07) is 5.31. The van der Waals surface area contributed by atoms with Gasteiger partial charge in [-0.2, -0.15) is 23.4 Å². The summed E-state index contributed by atoms with van der Waals surface area (Å²) in [6.45, 7) is 0.567. The van der Waals surface area contributed by atoms with Crippen LogP contribution in [0, 0.1) is 0 Å². The summed E-state index contributed by atoms with van der Waals surface area (Å²) in [7, 11) is 1.00. The fourth-order valence-electron chi connectivity index (χ4n) is 3.75. The van der Waals surface area contributed by atoms with Gasteiger partial charge in [-0.25, -0.2) is 4.45 Å². The number of aliphatic hydroxyl groups is 1. The van der Waals surface area contributed by atoms with Crippen LogP contribution in [0.2, 0.25) is 5.02 Å². The summed E-state index contributed by atoms with van der Waals surface area (Å²) in [5, 5.41) is 15.4. The largest absolute Gasteiger partial charge is 0.416 e. The lowest BCUT2D eigenvalue weighted by atomic mass is 10.0. The van der Waals surface area contributed by atoms with Crippen molar-refractivity contribution in [2.24, 2.45) is 0 Å². The standard InChI is InChI=1S/C19H15ClF3IN5O2P.CH4O/c20-17-16(7-25-29(32-24)18(17)31)27-6-5-15-12(9-27)14(10-30)26-28(15)8-11-3-1-2-4-13(11)19(21,22)23;1-2/h1-4,7,10,32H,5-6,8-9H2;2H,1H3. The minimum atomic E-state index is -4.49. The van der Waals surface area contributed by atoms with E-state index in [1.54, 1.807) is 0 Å². The number of aliphatic hydroxyl groups excluding tert-OH is 1. The van der Waals surface area contributed by atoms with Gasteiger partial charge in [0, 0.05) is 37.9 Å². The molecule has 3 aromatic rings. The van der Waals surface area contributed by atoms with Gasteiger partial charge in [0.15, 0.2) is 6.29 Å². The first-order valence-electron chi connectivity index (χ1n) is 9.77. The Morgan fingerprint density at radius 3 is 2.65 bits per heavy atom. The van der Waals surface area contributed by atoms with Gasteiger partial charge in [-0.3, -0.25) is 14.3 Å². The topological polar surface area (TPSA) is 93.2 Å². The Balaban J connectivity index is 0.00000158. The van der Waals surface area contributed by atoms with E-state index in [9.17, 15) is 22.8 Å². The smallest absolute Gasteiger partial charge is 0.400 e. The van der Waals surface area contributed by atoms with Crippen LogP contribution in [0.1, 0.15) is 32.9 Å². The Morgan fingerprint density at radius 2 is 2.00 bits per heavy atom. The van der Waals surface area contributed by atoms with Crippen LogP contribution in [0.15, 0.2) is 35.3 Å². The highest BCUT2D eigenvalue weighted by Gasteiger charge is 2.34. The van der Waals surface area contributed by atoms with Gasteiger partial charge in [-0.15, -0.1) is 0 Å². The van der Waals surface area contributed by atoms with Crippen molar-refractivity contribution in [2.75, 3.05) is 18.6 Å². The van der Waals surface area contributed by atoms with E-state index < -0.39 is 17.3 Å². The molecule has 1 unspecified atom stereocenters. The molecule has 4 rings (SSSR count). The Labute approximate surface area is 212 Å². The molecule has 0 saturated carbocycles. The lowest BCUT2D eigenvalue weighted by Gasteiger charge is -2.30. The van der Waals surface area contributed by atoms with Crippen LogP contribution in [0.3, 0.4) is 0 Å². The zero-order chi connectivity index (χ0) is 25.0. The molecule has 1 aromatic carbocycles. The van der Waals surface area contributed by atoms with Crippen LogP contribution in [0.5, 0.6) is 0 Å². The summed E-state index contributed by atoms with van der Waals surface area (Å²) in [6.07, 6.45) is -1.88. The molecule has 0 aliphatic carbocycles. The van der Waals surface area contributed by atoms with Gasteiger partial charge >= 0.3 is 6.18 Å². The molecular formula is C20H19ClF3IN5O3P. The minimum absolute atomic E-state index is 0.0340. The molecule has 1 N–H and O–H groups in total. The molecule has 8 nitrogen and oxygen atoms in total. The van der Waals surface area contributed by atoms with Crippen molar-refractivity contribution in [2.45, 2.75) is 25.7 Å². The van der Waals surface area contributed by atoms with Gasteiger partial charge in [-0.05, 0) is 33.7 Å². The number of halogens is 5. The van der Waals surface area contributed by atoms with Crippen LogP contribution in [0.25, 0.3) is 0 Å². The summed E-state index contributed by atoms with van der Waals surface area (Å²) in [4.78, 5) is 25.8. The fourth-order valence-corrected chi connectivity index (χ4v) is 5.39. The quantitative estimate of drug-likeness (QED) is 0.262. The normalized spacial score (nSPS) is 13.6. The maximum Gasteiger partial charge on any atom is 0.416 e. The number of anilines is 1. The number of rotatable bonds is 5. The first-order valence-corrected chi connectivity index (χ1v) is 14.2. The third-order valence-electron chi connectivity index (χ3n) is 5.24. The molecule has 0 fully saturated rings. The molecule has 0 amide bonds. The van der Waals surface area contributed by atoms with E-state index in [1.165, 1.54) is 33.5 Å². The van der Waals surface area contributed by atoms with Crippen molar-refractivity contribution in [1.82, 2.24) is 19.3 Å². The van der Waals surface area contributed by atoms with E-state index in [4.69, 9.17) is 16.7 Å². The molecule has 3 heterocycles. The number of nitrogens with zero attached hydrogens (tertiary/aromatic N) is 5. The van der Waals surface area contributed by atoms with Gasteiger partial charge in [0.25, 0.3) is 5.56 Å². The van der Waals surface area contributed by atoms with Gasteiger partial charge in [-0.1, -0.05) is 29.8 Å². The van der Waals surface area contributed by atoms with Crippen molar-refractivity contribution >= 4 is 52.0 Å². The molecule has 1 aliphatic heterocycles. The number of benzene rings is 1. The highest BCUT2D eigenvalue weighted by Crippen LogP contribution is 2.34. The molecule has 1 atom stereocenters. The highest BCUT2D eigenvalue weighted by molar-refractivity contribution is 14.2. The van der Waals surface area contributed by atoms with E-state index >= 15 is 0 Å². The number of aldehydes is 1. The molecule has 0 spiro atoms. The van der Waals surface area contributed by atoms with E-state index in [1.807, 2.05) is 26.9 Å². The first-order chi connectivity index (χ1) is 16.2. The van der Waals surface area contributed by atoms with E-state index in [0.29, 0.717) is 36.2 Å². The number of aromatic nitrogens is 4. The summed E-state index contributed by atoms with van der Waals surface area (Å²) in [5.41, 5.74) is 0.820. The highest BCUT2D eigenvalue weighted by atomic mass is 127. The molecule has 1 aliphatic rings. The third kappa shape index (κ3) is 5.29. The summed E-state index contributed by atoms with van der Waals surface area (Å²) >= 11 is 8.30. The van der Waals surface area contributed by atoms with Crippen molar-refractivity contribution in [3.05, 3.63) is 73.9 Å². The first kappa shape index (κ1) is 26.6. The molecule has 0 bridgehead atoms. The van der Waals surface area contributed by atoms with Crippen LogP contribution < -0.4 is 10.5 Å². The predicted octanol–water partition coefficient (Wildman–Crippen LogP) is 3.94. The monoisotopic (exact) mass is 627 g/mol. The minimum Gasteiger partial charge on any atom is -0.400 e. The average Bonchev–Trinajstić information content (AvgIpc) is 3.18. The Morgan fingerprint density at radius 1 is 1.29 bits per heavy atom. The van der Waals surface area contributed by atoms with Crippen LogP contribution in [-0.2, 0) is 25.7 Å². The SMILES string of the molecule is CO.O=Cc1nn(Cc2ccccc2C(F)(F)F)c2c1CN(c1cnn(PI)c(=O)c1Cl)CC2. The molecule has 14 heteroatoms. The maximum absolute atomic E-state index is 13.4. The van der Waals surface area contributed by atoms with Gasteiger partial charge in [0.1, 0.15) is 10.7 Å². The predicted molar refractivity (Wildman–Crippen MR) is 132 cm³/mol. The van der Waals surface area contributed by atoms with Gasteiger partial charge in [0.05, 0.1) is 30.4 Å². The third-order valence-corrected chi connectivity index (χ3v) is 7.45. The van der Waals surface area contributed by atoms with E-state index in [2.05, 4.69) is 10.2 Å². The lowest BCUT2D eigenvalue weighted by molar-refractivity contribution is -0.138. The fraction of sp³-hybridized carbons (Fsp3) is 0.300. The Kier molecular flexibility index (Phi) is 8.72. The van der Waals surface area contributed by atoms with Crippen LogP contribution in [0.4, 0.5) is 18.9 Å². The van der Waals surface area contributed by atoms with Crippen molar-refractivity contribution < 1.29 is 23.1 Å². The number of hydrogen-bond donors (Lipinski definition) is 1. The molecule has 0 radical (unpaired) electrons. The summed E-state index contributed by atoms with van der Waals surface area (Å²) < 4.78 is 42.9. The molecule has 0 saturated heterocycles. The maximum atomic E-state index is 13.4. The van der Waals surface area contributed by atoms with Gasteiger partial charge < -0.3 is 10.0 Å². The number of carbonyl (C=O) groups is 1. The lowest BCUT2D eigenvalue weighted by Crippen LogP contribution is -2.33. The van der Waals surface area contributed by atoms with Crippen molar-refractivity contribution in [3.8, 4) is 0 Å². The van der Waals surface area contributed by atoms with Gasteiger partial charge in [0.2, 0.25) is 0 Å². The van der Waals surface area contributed by atoms with Crippen molar-refractivity contribution in [3.63, 3.8) is 0 Å². The Hall–Kier alpha value is -2.02. The van der Waals surface area contributed by atoms with Crippen LogP contribution >= 0.6 is 40.0 Å². The molecule has 182 valence electrons. The second kappa shape index (κ2) is 11.1. The molecular weight excluding hydrogens is 609 g/mol. The second-order valence-electron chi connectivity index (χ2n) is 7.06.